The molecule has 0 aliphatic carbocycles. The van der Waals surface area contributed by atoms with Crippen molar-refractivity contribution in [3.63, 3.8) is 0 Å². The van der Waals surface area contributed by atoms with Crippen LogP contribution in [0.15, 0.2) is 0 Å². The Kier molecular flexibility index (Phi) is 8.35. The van der Waals surface area contributed by atoms with Gasteiger partial charge in [-0.15, -0.1) is 5.06 Å². The molecule has 0 spiro atoms. The van der Waals surface area contributed by atoms with Crippen LogP contribution in [-0.4, -0.2) is 67.0 Å². The lowest BCUT2D eigenvalue weighted by Crippen LogP contribution is -2.42. The van der Waals surface area contributed by atoms with Crippen LogP contribution in [0, 0.1) is 11.8 Å². The highest BCUT2D eigenvalue weighted by atomic mass is 16.8. The van der Waals surface area contributed by atoms with Gasteiger partial charge in [-0.2, -0.15) is 0 Å². The van der Waals surface area contributed by atoms with Crippen LogP contribution in [0.5, 0.6) is 0 Å². The molecule has 2 fully saturated rings. The Bertz CT molecular complexity index is 475. The minimum atomic E-state index is -0.615. The number of hydroxylamine groups is 2. The molecule has 0 aromatic carbocycles. The van der Waals surface area contributed by atoms with E-state index in [-0.39, 0.29) is 5.97 Å². The fraction of sp³-hybridized carbons (Fsp3) is 0.900. The third-order valence-corrected chi connectivity index (χ3v) is 5.33. The van der Waals surface area contributed by atoms with Crippen LogP contribution >= 0.6 is 0 Å². The van der Waals surface area contributed by atoms with Gasteiger partial charge in [-0.25, -0.2) is 4.79 Å². The van der Waals surface area contributed by atoms with E-state index in [0.717, 1.165) is 51.5 Å². The molecule has 2 saturated heterocycles. The summed E-state index contributed by atoms with van der Waals surface area (Å²) >= 11 is 0. The van der Waals surface area contributed by atoms with Gasteiger partial charge in [0.15, 0.2) is 0 Å². The summed E-state index contributed by atoms with van der Waals surface area (Å²) in [5.74, 6) is 1.32. The van der Waals surface area contributed by atoms with Crippen molar-refractivity contribution in [2.75, 3.05) is 39.3 Å². The van der Waals surface area contributed by atoms with Crippen LogP contribution in [0.2, 0.25) is 0 Å². The normalized spacial score (nSPS) is 21.0. The van der Waals surface area contributed by atoms with Crippen molar-refractivity contribution >= 4 is 12.1 Å². The first-order valence-electron chi connectivity index (χ1n) is 10.3. The molecule has 0 radical (unpaired) electrons. The summed E-state index contributed by atoms with van der Waals surface area (Å²) in [6.07, 6.45) is 4.34. The predicted octanol–water partition coefficient (Wildman–Crippen LogP) is 3.23. The number of hydrogen-bond donors (Lipinski definition) is 0. The second kappa shape index (κ2) is 10.3. The highest BCUT2D eigenvalue weighted by Gasteiger charge is 2.31. The van der Waals surface area contributed by atoms with E-state index in [4.69, 9.17) is 14.3 Å². The smallest absolute Gasteiger partial charge is 0.466 e. The van der Waals surface area contributed by atoms with Crippen LogP contribution in [0.25, 0.3) is 0 Å². The Morgan fingerprint density at radius 2 is 1.52 bits per heavy atom. The van der Waals surface area contributed by atoms with Crippen molar-refractivity contribution in [1.82, 2.24) is 9.96 Å². The summed E-state index contributed by atoms with van der Waals surface area (Å²) in [4.78, 5) is 30.9. The molecule has 0 saturated carbocycles. The summed E-state index contributed by atoms with van der Waals surface area (Å²) in [6, 6.07) is 0. The van der Waals surface area contributed by atoms with Gasteiger partial charge in [0.2, 0.25) is 0 Å². The van der Waals surface area contributed by atoms with Gasteiger partial charge >= 0.3 is 12.1 Å². The second-order valence-corrected chi connectivity index (χ2v) is 8.56. The summed E-state index contributed by atoms with van der Waals surface area (Å²) < 4.78 is 10.2. The highest BCUT2D eigenvalue weighted by molar-refractivity contribution is 5.69. The molecule has 0 amide bonds. The van der Waals surface area contributed by atoms with Crippen LogP contribution in [0.4, 0.5) is 4.79 Å². The molecule has 2 aliphatic heterocycles. The maximum absolute atomic E-state index is 11.8. The first-order valence-corrected chi connectivity index (χ1v) is 10.3. The van der Waals surface area contributed by atoms with Gasteiger partial charge in [0.1, 0.15) is 5.60 Å². The van der Waals surface area contributed by atoms with E-state index in [2.05, 4.69) is 4.90 Å². The quantitative estimate of drug-likeness (QED) is 0.651. The Morgan fingerprint density at radius 3 is 2.04 bits per heavy atom. The second-order valence-electron chi connectivity index (χ2n) is 8.56. The number of hydrogen-bond acceptors (Lipinski definition) is 7. The van der Waals surface area contributed by atoms with E-state index in [0.29, 0.717) is 18.9 Å². The molecule has 0 aromatic rings. The average Bonchev–Trinajstić information content (AvgIpc) is 2.60. The molecule has 27 heavy (non-hydrogen) atoms. The van der Waals surface area contributed by atoms with Crippen molar-refractivity contribution < 1.29 is 23.9 Å². The van der Waals surface area contributed by atoms with Gasteiger partial charge in [0.05, 0.1) is 13.0 Å². The number of ether oxygens (including phenoxy) is 2. The Labute approximate surface area is 163 Å². The average molecular weight is 385 g/mol. The van der Waals surface area contributed by atoms with Crippen molar-refractivity contribution in [2.45, 2.75) is 65.4 Å². The molecule has 156 valence electrons. The van der Waals surface area contributed by atoms with E-state index < -0.39 is 11.8 Å². The summed E-state index contributed by atoms with van der Waals surface area (Å²) in [5, 5.41) is 1.74. The van der Waals surface area contributed by atoms with Gasteiger partial charge in [-0.1, -0.05) is 0 Å². The Hall–Kier alpha value is -1.34. The molecule has 2 aliphatic rings. The Morgan fingerprint density at radius 1 is 0.963 bits per heavy atom. The number of piperidine rings is 2. The Balaban J connectivity index is 1.63. The first-order chi connectivity index (χ1) is 12.8. The maximum atomic E-state index is 11.8. The number of likely N-dealkylation sites (tertiary alicyclic amines) is 1. The molecule has 0 atom stereocenters. The number of nitrogens with zero attached hydrogens (tertiary/aromatic N) is 2. The van der Waals surface area contributed by atoms with E-state index in [1.54, 1.807) is 5.06 Å². The third-order valence-electron chi connectivity index (χ3n) is 5.33. The fourth-order valence-electron chi connectivity index (χ4n) is 3.94. The monoisotopic (exact) mass is 384 g/mol. The van der Waals surface area contributed by atoms with E-state index in [1.807, 2.05) is 27.7 Å². The number of esters is 1. The number of carbonyl (C=O) groups excluding carboxylic acids is 2. The molecule has 0 aromatic heterocycles. The fourth-order valence-corrected chi connectivity index (χ4v) is 3.94. The lowest BCUT2D eigenvalue weighted by atomic mass is 9.79. The molecule has 0 bridgehead atoms. The molecule has 7 heteroatoms. The van der Waals surface area contributed by atoms with Crippen LogP contribution < -0.4 is 0 Å². The third kappa shape index (κ3) is 8.05. The lowest BCUT2D eigenvalue weighted by molar-refractivity contribution is -0.158. The lowest BCUT2D eigenvalue weighted by Gasteiger charge is -2.39. The number of rotatable bonds is 6. The molecule has 0 unspecified atom stereocenters. The van der Waals surface area contributed by atoms with E-state index in [1.165, 1.54) is 12.8 Å². The molecular formula is C20H36N2O5. The molecule has 0 N–H and O–H groups in total. The largest absolute Gasteiger partial charge is 0.528 e. The highest BCUT2D eigenvalue weighted by Crippen LogP contribution is 2.32. The molecule has 2 rings (SSSR count). The van der Waals surface area contributed by atoms with Gasteiger partial charge in [0, 0.05) is 19.6 Å². The van der Waals surface area contributed by atoms with Gasteiger partial charge in [-0.05, 0) is 78.3 Å². The first kappa shape index (κ1) is 22.0. The zero-order chi connectivity index (χ0) is 19.9. The van der Waals surface area contributed by atoms with Gasteiger partial charge in [-0.3, -0.25) is 4.79 Å². The van der Waals surface area contributed by atoms with Crippen LogP contribution in [0.1, 0.15) is 59.8 Å². The van der Waals surface area contributed by atoms with E-state index >= 15 is 0 Å². The van der Waals surface area contributed by atoms with Crippen molar-refractivity contribution in [3.8, 4) is 0 Å². The summed E-state index contributed by atoms with van der Waals surface area (Å²) in [7, 11) is 0. The number of carbonyl (C=O) groups is 2. The topological polar surface area (TPSA) is 68.3 Å². The zero-order valence-corrected chi connectivity index (χ0v) is 17.4. The van der Waals surface area contributed by atoms with Gasteiger partial charge < -0.3 is 19.2 Å². The molecule has 2 heterocycles. The van der Waals surface area contributed by atoms with E-state index in [9.17, 15) is 9.59 Å². The van der Waals surface area contributed by atoms with Crippen molar-refractivity contribution in [3.05, 3.63) is 0 Å². The summed E-state index contributed by atoms with van der Waals surface area (Å²) in [5.41, 5.74) is -0.531. The molecule has 7 nitrogen and oxygen atoms in total. The summed E-state index contributed by atoms with van der Waals surface area (Å²) in [6.45, 7) is 12.2. The standard InChI is InChI=1S/C20H36N2O5/c1-5-25-18(23)10-13-21-11-6-16(7-12-21)17-8-14-22(15-9-17)27-19(24)26-20(2,3)4/h16-17H,5-15H2,1-4H3. The predicted molar refractivity (Wildman–Crippen MR) is 102 cm³/mol. The minimum Gasteiger partial charge on any atom is -0.466 e. The molecular weight excluding hydrogens is 348 g/mol. The van der Waals surface area contributed by atoms with Crippen molar-refractivity contribution in [2.24, 2.45) is 11.8 Å². The van der Waals surface area contributed by atoms with Crippen LogP contribution in [-0.2, 0) is 19.1 Å². The van der Waals surface area contributed by atoms with Crippen molar-refractivity contribution in [1.29, 1.82) is 0 Å². The van der Waals surface area contributed by atoms with Gasteiger partial charge in [0.25, 0.3) is 0 Å². The van der Waals surface area contributed by atoms with Crippen LogP contribution in [0.3, 0.4) is 0 Å². The minimum absolute atomic E-state index is 0.100. The zero-order valence-electron chi connectivity index (χ0n) is 17.4. The maximum Gasteiger partial charge on any atom is 0.528 e. The SMILES string of the molecule is CCOC(=O)CCN1CCC(C2CCN(OC(=O)OC(C)(C)C)CC2)CC1.